The molecule has 1 fully saturated rings. The van der Waals surface area contributed by atoms with E-state index in [4.69, 9.17) is 14.2 Å². The van der Waals surface area contributed by atoms with E-state index < -0.39 is 11.6 Å². The minimum absolute atomic E-state index is 0.00788. The molecule has 0 saturated heterocycles. The molecule has 0 heterocycles. The molecule has 0 aromatic heterocycles. The SMILES string of the molecule is C=CCCOc1ccc(C2CCC(OCc3ccc(-c4ccc(OCCCC)cc4)c(F)c3F)CC2)cc1F. The molecular formula is C33H37F3O3. The van der Waals surface area contributed by atoms with Gasteiger partial charge in [-0.15, -0.1) is 6.58 Å². The van der Waals surface area contributed by atoms with Gasteiger partial charge in [0, 0.05) is 11.1 Å². The van der Waals surface area contributed by atoms with Gasteiger partial charge in [-0.2, -0.15) is 0 Å². The van der Waals surface area contributed by atoms with Crippen LogP contribution in [0.4, 0.5) is 13.2 Å². The maximum absolute atomic E-state index is 14.9. The maximum Gasteiger partial charge on any atom is 0.167 e. The Morgan fingerprint density at radius 1 is 0.872 bits per heavy atom. The first kappa shape index (κ1) is 28.8. The number of hydrogen-bond donors (Lipinski definition) is 0. The van der Waals surface area contributed by atoms with Gasteiger partial charge >= 0.3 is 0 Å². The molecule has 6 heteroatoms. The van der Waals surface area contributed by atoms with E-state index in [-0.39, 0.29) is 41.3 Å². The third kappa shape index (κ3) is 7.66. The molecule has 4 rings (SSSR count). The summed E-state index contributed by atoms with van der Waals surface area (Å²) >= 11 is 0. The van der Waals surface area contributed by atoms with E-state index in [0.29, 0.717) is 30.9 Å². The van der Waals surface area contributed by atoms with Crippen molar-refractivity contribution in [1.29, 1.82) is 0 Å². The smallest absolute Gasteiger partial charge is 0.167 e. The zero-order valence-electron chi connectivity index (χ0n) is 22.6. The van der Waals surface area contributed by atoms with Gasteiger partial charge < -0.3 is 14.2 Å². The zero-order chi connectivity index (χ0) is 27.6. The van der Waals surface area contributed by atoms with Crippen LogP contribution in [0.5, 0.6) is 11.5 Å². The first-order valence-corrected chi connectivity index (χ1v) is 13.8. The van der Waals surface area contributed by atoms with Gasteiger partial charge in [0.2, 0.25) is 0 Å². The molecule has 39 heavy (non-hydrogen) atoms. The Kier molecular flexibility index (Phi) is 10.5. The van der Waals surface area contributed by atoms with Crippen LogP contribution in [0.1, 0.15) is 68.9 Å². The second-order valence-corrected chi connectivity index (χ2v) is 10.0. The predicted octanol–water partition coefficient (Wildman–Crippen LogP) is 9.15. The van der Waals surface area contributed by atoms with Crippen molar-refractivity contribution < 1.29 is 27.4 Å². The van der Waals surface area contributed by atoms with Gasteiger partial charge in [0.25, 0.3) is 0 Å². The Labute approximate surface area is 229 Å². The van der Waals surface area contributed by atoms with Crippen molar-refractivity contribution in [1.82, 2.24) is 0 Å². The van der Waals surface area contributed by atoms with Gasteiger partial charge in [-0.3, -0.25) is 0 Å². The van der Waals surface area contributed by atoms with Gasteiger partial charge in [-0.1, -0.05) is 49.8 Å². The Bertz CT molecular complexity index is 1220. The first-order valence-electron chi connectivity index (χ1n) is 13.8. The average molecular weight is 539 g/mol. The number of unbranched alkanes of at least 4 members (excludes halogenated alkanes) is 1. The van der Waals surface area contributed by atoms with Crippen LogP contribution in [0.15, 0.2) is 67.3 Å². The van der Waals surface area contributed by atoms with Crippen LogP contribution in [-0.4, -0.2) is 19.3 Å². The van der Waals surface area contributed by atoms with E-state index >= 15 is 0 Å². The highest BCUT2D eigenvalue weighted by atomic mass is 19.2. The Morgan fingerprint density at radius 3 is 2.33 bits per heavy atom. The molecule has 3 aromatic rings. The summed E-state index contributed by atoms with van der Waals surface area (Å²) in [6.45, 7) is 6.77. The summed E-state index contributed by atoms with van der Waals surface area (Å²) in [5.74, 6) is -0.908. The molecule has 0 atom stereocenters. The van der Waals surface area contributed by atoms with Crippen molar-refractivity contribution >= 4 is 0 Å². The van der Waals surface area contributed by atoms with Crippen LogP contribution in [0.3, 0.4) is 0 Å². The van der Waals surface area contributed by atoms with Crippen molar-refractivity contribution in [2.45, 2.75) is 70.5 Å². The fraction of sp³-hybridized carbons (Fsp3) is 0.394. The molecule has 0 spiro atoms. The highest BCUT2D eigenvalue weighted by Crippen LogP contribution is 2.36. The second kappa shape index (κ2) is 14.2. The molecule has 0 amide bonds. The molecule has 0 bridgehead atoms. The first-order chi connectivity index (χ1) is 19.0. The molecule has 208 valence electrons. The molecular weight excluding hydrogens is 501 g/mol. The van der Waals surface area contributed by atoms with Crippen molar-refractivity contribution in [2.24, 2.45) is 0 Å². The summed E-state index contributed by atoms with van der Waals surface area (Å²) in [5, 5.41) is 0. The van der Waals surface area contributed by atoms with E-state index in [9.17, 15) is 13.2 Å². The highest BCUT2D eigenvalue weighted by molar-refractivity contribution is 5.65. The lowest BCUT2D eigenvalue weighted by Crippen LogP contribution is -2.21. The van der Waals surface area contributed by atoms with Gasteiger partial charge in [-0.25, -0.2) is 13.2 Å². The number of ether oxygens (including phenoxy) is 3. The summed E-state index contributed by atoms with van der Waals surface area (Å²) in [6.07, 6.45) is 7.60. The summed E-state index contributed by atoms with van der Waals surface area (Å²) in [5.41, 5.74) is 1.95. The van der Waals surface area contributed by atoms with Crippen LogP contribution in [-0.2, 0) is 11.3 Å². The average Bonchev–Trinajstić information content (AvgIpc) is 2.96. The topological polar surface area (TPSA) is 27.7 Å². The normalized spacial score (nSPS) is 17.1. The lowest BCUT2D eigenvalue weighted by Gasteiger charge is -2.29. The minimum Gasteiger partial charge on any atom is -0.494 e. The minimum atomic E-state index is -0.879. The summed E-state index contributed by atoms with van der Waals surface area (Å²) < 4.78 is 61.4. The van der Waals surface area contributed by atoms with Crippen LogP contribution < -0.4 is 9.47 Å². The molecule has 3 nitrogen and oxygen atoms in total. The predicted molar refractivity (Wildman–Crippen MR) is 149 cm³/mol. The van der Waals surface area contributed by atoms with Gasteiger partial charge in [-0.05, 0) is 79.8 Å². The second-order valence-electron chi connectivity index (χ2n) is 10.0. The van der Waals surface area contributed by atoms with E-state index in [2.05, 4.69) is 13.5 Å². The summed E-state index contributed by atoms with van der Waals surface area (Å²) in [4.78, 5) is 0. The van der Waals surface area contributed by atoms with Crippen molar-refractivity contribution in [3.63, 3.8) is 0 Å². The zero-order valence-corrected chi connectivity index (χ0v) is 22.6. The molecule has 0 aliphatic heterocycles. The van der Waals surface area contributed by atoms with Crippen LogP contribution >= 0.6 is 0 Å². The number of hydrogen-bond acceptors (Lipinski definition) is 3. The molecule has 1 aliphatic carbocycles. The Hall–Kier alpha value is -3.25. The lowest BCUT2D eigenvalue weighted by atomic mass is 9.82. The quantitative estimate of drug-likeness (QED) is 0.160. The van der Waals surface area contributed by atoms with E-state index in [0.717, 1.165) is 44.1 Å². The fourth-order valence-electron chi connectivity index (χ4n) is 4.90. The Balaban J connectivity index is 1.29. The van der Waals surface area contributed by atoms with Crippen molar-refractivity contribution in [2.75, 3.05) is 13.2 Å². The van der Waals surface area contributed by atoms with Gasteiger partial charge in [0.15, 0.2) is 23.2 Å². The molecule has 1 aliphatic rings. The Morgan fingerprint density at radius 2 is 1.64 bits per heavy atom. The van der Waals surface area contributed by atoms with Gasteiger partial charge in [0.1, 0.15) is 5.75 Å². The molecule has 0 unspecified atom stereocenters. The van der Waals surface area contributed by atoms with E-state index in [1.54, 1.807) is 54.6 Å². The highest BCUT2D eigenvalue weighted by Gasteiger charge is 2.24. The number of benzene rings is 3. The van der Waals surface area contributed by atoms with E-state index in [1.807, 2.05) is 6.07 Å². The monoisotopic (exact) mass is 538 g/mol. The molecule has 0 N–H and O–H groups in total. The lowest BCUT2D eigenvalue weighted by molar-refractivity contribution is 0.0119. The fourth-order valence-corrected chi connectivity index (χ4v) is 4.90. The van der Waals surface area contributed by atoms with Crippen LogP contribution in [0.2, 0.25) is 0 Å². The third-order valence-electron chi connectivity index (χ3n) is 7.25. The molecule has 1 saturated carbocycles. The largest absolute Gasteiger partial charge is 0.494 e. The number of rotatable bonds is 13. The number of halogens is 3. The summed E-state index contributed by atoms with van der Waals surface area (Å²) in [7, 11) is 0. The molecule has 3 aromatic carbocycles. The standard InChI is InChI=1S/C33H37F3O3/c1-3-5-19-37-27-15-9-24(10-16-27)29-17-11-26(32(35)33(29)36)22-39-28-13-7-23(8-14-28)25-12-18-31(30(34)21-25)38-20-6-4-2/h4,9-12,15-18,21,23,28H,2-3,5-8,13-14,19-20,22H2,1H3. The summed E-state index contributed by atoms with van der Waals surface area (Å²) in [6, 6.07) is 15.4. The van der Waals surface area contributed by atoms with Crippen LogP contribution in [0.25, 0.3) is 11.1 Å². The van der Waals surface area contributed by atoms with E-state index in [1.165, 1.54) is 0 Å². The van der Waals surface area contributed by atoms with Crippen molar-refractivity contribution in [3.8, 4) is 22.6 Å². The third-order valence-corrected chi connectivity index (χ3v) is 7.25. The molecule has 0 radical (unpaired) electrons. The van der Waals surface area contributed by atoms with Crippen molar-refractivity contribution in [3.05, 3.63) is 95.8 Å². The maximum atomic E-state index is 14.9. The van der Waals surface area contributed by atoms with Crippen LogP contribution in [0, 0.1) is 17.5 Å². The van der Waals surface area contributed by atoms with Gasteiger partial charge in [0.05, 0.1) is 25.9 Å².